The summed E-state index contributed by atoms with van der Waals surface area (Å²) in [6, 6.07) is 11.5. The van der Waals surface area contributed by atoms with Gasteiger partial charge < -0.3 is 4.74 Å². The second-order valence-corrected chi connectivity index (χ2v) is 5.87. The maximum Gasteiger partial charge on any atom is 0.267 e. The van der Waals surface area contributed by atoms with Gasteiger partial charge in [0.1, 0.15) is 4.90 Å². The number of benzene rings is 1. The van der Waals surface area contributed by atoms with Gasteiger partial charge in [-0.2, -0.15) is 0 Å². The van der Waals surface area contributed by atoms with E-state index in [0.717, 1.165) is 0 Å². The number of carbonyl (C=O) groups is 1. The Morgan fingerprint density at radius 2 is 1.90 bits per heavy atom. The standard InChI is InChI=1S/C14H14N2O4S/c1-20-13(11-6-3-2-4-7-11)14(17)16-21(18,19)12-8-5-9-15-10-12/h2-10,13H,1H3,(H,16,17)/t13-/m0/s1. The van der Waals surface area contributed by atoms with E-state index in [4.69, 9.17) is 4.74 Å². The molecule has 1 atom stereocenters. The quantitative estimate of drug-likeness (QED) is 0.899. The Morgan fingerprint density at radius 1 is 1.19 bits per heavy atom. The van der Waals surface area contributed by atoms with E-state index >= 15 is 0 Å². The first kappa shape index (κ1) is 15.1. The van der Waals surface area contributed by atoms with Crippen LogP contribution in [-0.2, 0) is 19.6 Å². The molecule has 0 aliphatic carbocycles. The van der Waals surface area contributed by atoms with E-state index in [9.17, 15) is 13.2 Å². The third kappa shape index (κ3) is 3.65. The first-order valence-corrected chi connectivity index (χ1v) is 7.57. The fourth-order valence-electron chi connectivity index (χ4n) is 1.77. The Kier molecular flexibility index (Phi) is 4.66. The lowest BCUT2D eigenvalue weighted by Crippen LogP contribution is -2.35. The first-order chi connectivity index (χ1) is 10.0. The number of rotatable bonds is 5. The Morgan fingerprint density at radius 3 is 2.48 bits per heavy atom. The van der Waals surface area contributed by atoms with Crippen LogP contribution in [0.2, 0.25) is 0 Å². The van der Waals surface area contributed by atoms with E-state index in [1.165, 1.54) is 31.6 Å². The van der Waals surface area contributed by atoms with Crippen LogP contribution in [0.3, 0.4) is 0 Å². The van der Waals surface area contributed by atoms with Crippen LogP contribution in [-0.4, -0.2) is 26.4 Å². The van der Waals surface area contributed by atoms with Crippen LogP contribution >= 0.6 is 0 Å². The number of methoxy groups -OCH3 is 1. The van der Waals surface area contributed by atoms with Gasteiger partial charge in [0.15, 0.2) is 6.10 Å². The van der Waals surface area contributed by atoms with Crippen molar-refractivity contribution >= 4 is 15.9 Å². The van der Waals surface area contributed by atoms with Crippen LogP contribution in [0.1, 0.15) is 11.7 Å². The third-order valence-corrected chi connectivity index (χ3v) is 4.09. The number of nitrogens with zero attached hydrogens (tertiary/aromatic N) is 1. The maximum atomic E-state index is 12.1. The predicted octanol–water partition coefficient (Wildman–Crippen LogP) is 1.27. The number of amides is 1. The second kappa shape index (κ2) is 6.47. The lowest BCUT2D eigenvalue weighted by Gasteiger charge is -2.15. The van der Waals surface area contributed by atoms with Crippen molar-refractivity contribution in [3.05, 3.63) is 60.4 Å². The molecule has 1 N–H and O–H groups in total. The molecule has 1 heterocycles. The van der Waals surface area contributed by atoms with Crippen LogP contribution in [0.25, 0.3) is 0 Å². The number of aromatic nitrogens is 1. The van der Waals surface area contributed by atoms with Crippen molar-refractivity contribution in [2.24, 2.45) is 0 Å². The van der Waals surface area contributed by atoms with Gasteiger partial charge in [0.25, 0.3) is 15.9 Å². The van der Waals surface area contributed by atoms with Crippen molar-refractivity contribution < 1.29 is 17.9 Å². The molecular formula is C14H14N2O4S. The van der Waals surface area contributed by atoms with Crippen molar-refractivity contribution in [2.45, 2.75) is 11.0 Å². The SMILES string of the molecule is CO[C@H](C(=O)NS(=O)(=O)c1cccnc1)c1ccccc1. The number of sulfonamides is 1. The molecule has 0 radical (unpaired) electrons. The molecule has 0 saturated heterocycles. The highest BCUT2D eigenvalue weighted by molar-refractivity contribution is 7.90. The molecule has 0 unspecified atom stereocenters. The van der Waals surface area contributed by atoms with Crippen molar-refractivity contribution in [3.8, 4) is 0 Å². The van der Waals surface area contributed by atoms with Crippen molar-refractivity contribution in [1.29, 1.82) is 0 Å². The average molecular weight is 306 g/mol. The van der Waals surface area contributed by atoms with Crippen molar-refractivity contribution in [3.63, 3.8) is 0 Å². The summed E-state index contributed by atoms with van der Waals surface area (Å²) in [6.45, 7) is 0. The monoisotopic (exact) mass is 306 g/mol. The third-order valence-electron chi connectivity index (χ3n) is 2.76. The fraction of sp³-hybridized carbons (Fsp3) is 0.143. The Balaban J connectivity index is 2.21. The number of nitrogens with one attached hydrogen (secondary N) is 1. The normalized spacial score (nSPS) is 12.6. The summed E-state index contributed by atoms with van der Waals surface area (Å²) in [7, 11) is -2.62. The van der Waals surface area contributed by atoms with Crippen LogP contribution in [0.15, 0.2) is 59.8 Å². The van der Waals surface area contributed by atoms with Crippen LogP contribution < -0.4 is 4.72 Å². The predicted molar refractivity (Wildman–Crippen MR) is 75.8 cm³/mol. The van der Waals surface area contributed by atoms with Gasteiger partial charge in [-0.25, -0.2) is 13.1 Å². The molecule has 2 rings (SSSR count). The second-order valence-electron chi connectivity index (χ2n) is 4.18. The Hall–Kier alpha value is -2.25. The number of carbonyl (C=O) groups excluding carboxylic acids is 1. The lowest BCUT2D eigenvalue weighted by atomic mass is 10.1. The number of hydrogen-bond acceptors (Lipinski definition) is 5. The minimum Gasteiger partial charge on any atom is -0.367 e. The van der Waals surface area contributed by atoms with Crippen molar-refractivity contribution in [2.75, 3.05) is 7.11 Å². The minimum absolute atomic E-state index is 0.0822. The molecule has 0 fully saturated rings. The zero-order valence-electron chi connectivity index (χ0n) is 11.3. The summed E-state index contributed by atoms with van der Waals surface area (Å²) in [4.78, 5) is 15.8. The van der Waals surface area contributed by atoms with E-state index in [1.54, 1.807) is 30.3 Å². The molecule has 110 valence electrons. The van der Waals surface area contributed by atoms with Crippen LogP contribution in [0.4, 0.5) is 0 Å². The van der Waals surface area contributed by atoms with E-state index in [2.05, 4.69) is 4.98 Å². The summed E-state index contributed by atoms with van der Waals surface area (Å²) in [5.41, 5.74) is 0.568. The molecular weight excluding hydrogens is 292 g/mol. The lowest BCUT2D eigenvalue weighted by molar-refractivity contribution is -0.129. The number of pyridine rings is 1. The maximum absolute atomic E-state index is 12.1. The molecule has 7 heteroatoms. The van der Waals surface area contributed by atoms with E-state index in [1.807, 2.05) is 4.72 Å². The molecule has 0 aliphatic rings. The summed E-state index contributed by atoms with van der Waals surface area (Å²) < 4.78 is 31.2. The van der Waals surface area contributed by atoms with E-state index < -0.39 is 22.0 Å². The molecule has 0 aliphatic heterocycles. The van der Waals surface area contributed by atoms with Crippen LogP contribution in [0, 0.1) is 0 Å². The number of hydrogen-bond donors (Lipinski definition) is 1. The van der Waals surface area contributed by atoms with Gasteiger partial charge in [0.05, 0.1) is 0 Å². The zero-order valence-corrected chi connectivity index (χ0v) is 12.1. The van der Waals surface area contributed by atoms with Gasteiger partial charge in [-0.05, 0) is 17.7 Å². The largest absolute Gasteiger partial charge is 0.367 e. The molecule has 1 aromatic heterocycles. The molecule has 0 saturated carbocycles. The summed E-state index contributed by atoms with van der Waals surface area (Å²) in [5, 5.41) is 0. The molecule has 6 nitrogen and oxygen atoms in total. The minimum atomic E-state index is -3.96. The average Bonchev–Trinajstić information content (AvgIpc) is 2.49. The van der Waals surface area contributed by atoms with Gasteiger partial charge in [-0.3, -0.25) is 9.78 Å². The molecule has 1 aromatic carbocycles. The molecule has 0 spiro atoms. The smallest absolute Gasteiger partial charge is 0.267 e. The first-order valence-electron chi connectivity index (χ1n) is 6.09. The highest BCUT2D eigenvalue weighted by atomic mass is 32.2. The van der Waals surface area contributed by atoms with Gasteiger partial charge in [0, 0.05) is 19.5 Å². The summed E-state index contributed by atoms with van der Waals surface area (Å²) in [5.74, 6) is -0.757. The summed E-state index contributed by atoms with van der Waals surface area (Å²) in [6.07, 6.45) is 1.61. The Bertz CT molecular complexity index is 702. The van der Waals surface area contributed by atoms with E-state index in [0.29, 0.717) is 5.56 Å². The molecule has 2 aromatic rings. The van der Waals surface area contributed by atoms with Crippen molar-refractivity contribution in [1.82, 2.24) is 9.71 Å². The van der Waals surface area contributed by atoms with Gasteiger partial charge in [-0.1, -0.05) is 30.3 Å². The molecule has 21 heavy (non-hydrogen) atoms. The fourth-order valence-corrected chi connectivity index (χ4v) is 2.72. The number of ether oxygens (including phenoxy) is 1. The van der Waals surface area contributed by atoms with Gasteiger partial charge in [-0.15, -0.1) is 0 Å². The molecule has 1 amide bonds. The highest BCUT2D eigenvalue weighted by Gasteiger charge is 2.25. The summed E-state index contributed by atoms with van der Waals surface area (Å²) >= 11 is 0. The van der Waals surface area contributed by atoms with Crippen LogP contribution in [0.5, 0.6) is 0 Å². The topological polar surface area (TPSA) is 85.4 Å². The Labute approximate surface area is 122 Å². The van der Waals surface area contributed by atoms with E-state index in [-0.39, 0.29) is 4.90 Å². The highest BCUT2D eigenvalue weighted by Crippen LogP contribution is 2.17. The molecule has 0 bridgehead atoms. The van der Waals surface area contributed by atoms with Gasteiger partial charge in [0.2, 0.25) is 0 Å². The van der Waals surface area contributed by atoms with Gasteiger partial charge >= 0.3 is 0 Å². The zero-order chi connectivity index (χ0) is 15.3.